The Kier molecular flexibility index (Phi) is 4.97. The van der Waals surface area contributed by atoms with Crippen molar-refractivity contribution in [3.8, 4) is 17.0 Å². The van der Waals surface area contributed by atoms with Crippen LogP contribution in [-0.4, -0.2) is 36.2 Å². The van der Waals surface area contributed by atoms with Crippen LogP contribution in [0.3, 0.4) is 0 Å². The quantitative estimate of drug-likeness (QED) is 0.842. The van der Waals surface area contributed by atoms with E-state index in [1.165, 1.54) is 18.4 Å². The van der Waals surface area contributed by atoms with Crippen LogP contribution >= 0.6 is 11.3 Å². The molecular formula is C20H23N3O4S. The van der Waals surface area contributed by atoms with E-state index in [0.717, 1.165) is 54.7 Å². The summed E-state index contributed by atoms with van der Waals surface area (Å²) in [4.78, 5) is 29.9. The standard InChI is InChI=1S/C20H23N3O4S/c1-11-6-7-14-16(23(11)20(25)26-2)9-8-13(17(14)27-12-4-3-5-12)15-10-28-19(22-15)18(21)24/h8-12H,3-7H2,1-2H3,(H2,21,24). The molecule has 2 heterocycles. The van der Waals surface area contributed by atoms with E-state index in [4.69, 9.17) is 15.2 Å². The van der Waals surface area contributed by atoms with Gasteiger partial charge in [-0.2, -0.15) is 0 Å². The normalized spacial score (nSPS) is 18.9. The summed E-state index contributed by atoms with van der Waals surface area (Å²) in [6.07, 6.45) is 4.60. The molecule has 148 valence electrons. The van der Waals surface area contributed by atoms with Crippen LogP contribution in [0.15, 0.2) is 17.5 Å². The molecule has 1 atom stereocenters. The Balaban J connectivity index is 1.83. The van der Waals surface area contributed by atoms with Gasteiger partial charge in [0, 0.05) is 22.5 Å². The van der Waals surface area contributed by atoms with Gasteiger partial charge in [-0.05, 0) is 51.2 Å². The third kappa shape index (κ3) is 3.22. The number of nitrogens with zero attached hydrogens (tertiary/aromatic N) is 2. The van der Waals surface area contributed by atoms with Gasteiger partial charge in [0.15, 0.2) is 5.01 Å². The second-order valence-corrected chi connectivity index (χ2v) is 8.10. The van der Waals surface area contributed by atoms with Gasteiger partial charge in [0.05, 0.1) is 24.6 Å². The van der Waals surface area contributed by atoms with Crippen molar-refractivity contribution in [1.29, 1.82) is 0 Å². The maximum atomic E-state index is 12.4. The molecule has 1 saturated carbocycles. The molecule has 0 bridgehead atoms. The van der Waals surface area contributed by atoms with E-state index < -0.39 is 5.91 Å². The molecule has 1 aromatic carbocycles. The summed E-state index contributed by atoms with van der Waals surface area (Å²) in [6.45, 7) is 2.01. The van der Waals surface area contributed by atoms with Gasteiger partial charge in [0.25, 0.3) is 5.91 Å². The van der Waals surface area contributed by atoms with Gasteiger partial charge in [-0.25, -0.2) is 9.78 Å². The zero-order chi connectivity index (χ0) is 19.8. The monoisotopic (exact) mass is 401 g/mol. The molecule has 28 heavy (non-hydrogen) atoms. The first-order chi connectivity index (χ1) is 13.5. The number of amides is 2. The van der Waals surface area contributed by atoms with Crippen molar-refractivity contribution in [2.45, 2.75) is 51.2 Å². The number of hydrogen-bond acceptors (Lipinski definition) is 6. The van der Waals surface area contributed by atoms with E-state index in [0.29, 0.717) is 5.69 Å². The average molecular weight is 401 g/mol. The third-order valence-corrected chi connectivity index (χ3v) is 6.30. The number of primary amides is 1. The van der Waals surface area contributed by atoms with E-state index in [2.05, 4.69) is 4.98 Å². The molecular weight excluding hydrogens is 378 g/mol. The zero-order valence-electron chi connectivity index (χ0n) is 15.9. The third-order valence-electron chi connectivity index (χ3n) is 5.45. The average Bonchev–Trinajstić information content (AvgIpc) is 3.14. The Hall–Kier alpha value is -2.61. The Labute approximate surface area is 167 Å². The number of benzene rings is 1. The predicted octanol–water partition coefficient (Wildman–Crippen LogP) is 3.75. The van der Waals surface area contributed by atoms with Crippen molar-refractivity contribution >= 4 is 29.0 Å². The lowest BCUT2D eigenvalue weighted by Crippen LogP contribution is -2.42. The summed E-state index contributed by atoms with van der Waals surface area (Å²) in [6, 6.07) is 3.86. The number of nitrogens with two attached hydrogens (primary N) is 1. The van der Waals surface area contributed by atoms with Crippen molar-refractivity contribution in [1.82, 2.24) is 4.98 Å². The van der Waals surface area contributed by atoms with Gasteiger partial charge in [-0.3, -0.25) is 9.69 Å². The van der Waals surface area contributed by atoms with Gasteiger partial charge in [-0.1, -0.05) is 0 Å². The summed E-state index contributed by atoms with van der Waals surface area (Å²) >= 11 is 1.22. The highest BCUT2D eigenvalue weighted by Crippen LogP contribution is 2.44. The highest BCUT2D eigenvalue weighted by atomic mass is 32.1. The first-order valence-electron chi connectivity index (χ1n) is 9.45. The van der Waals surface area contributed by atoms with Crippen LogP contribution in [0.4, 0.5) is 10.5 Å². The number of hydrogen-bond donors (Lipinski definition) is 1. The molecule has 0 spiro atoms. The van der Waals surface area contributed by atoms with Crippen LogP contribution in [-0.2, 0) is 11.2 Å². The Morgan fingerprint density at radius 1 is 1.29 bits per heavy atom. The minimum atomic E-state index is -0.540. The van der Waals surface area contributed by atoms with Gasteiger partial charge in [0.2, 0.25) is 0 Å². The fourth-order valence-electron chi connectivity index (χ4n) is 3.68. The number of aromatic nitrogens is 1. The predicted molar refractivity (Wildman–Crippen MR) is 107 cm³/mol. The van der Waals surface area contributed by atoms with E-state index in [9.17, 15) is 9.59 Å². The molecule has 2 aromatic rings. The molecule has 2 amide bonds. The van der Waals surface area contributed by atoms with Crippen LogP contribution in [0.25, 0.3) is 11.3 Å². The molecule has 0 radical (unpaired) electrons. The van der Waals surface area contributed by atoms with E-state index >= 15 is 0 Å². The number of carbonyl (C=O) groups excluding carboxylic acids is 2. The number of carbonyl (C=O) groups is 2. The maximum absolute atomic E-state index is 12.4. The largest absolute Gasteiger partial charge is 0.489 e. The summed E-state index contributed by atoms with van der Waals surface area (Å²) in [5.41, 5.74) is 8.66. The van der Waals surface area contributed by atoms with Crippen molar-refractivity contribution < 1.29 is 19.1 Å². The molecule has 0 saturated heterocycles. The van der Waals surface area contributed by atoms with Gasteiger partial charge in [-0.15, -0.1) is 11.3 Å². The van der Waals surface area contributed by atoms with Gasteiger partial charge in [0.1, 0.15) is 5.75 Å². The lowest BCUT2D eigenvalue weighted by Gasteiger charge is -2.36. The lowest BCUT2D eigenvalue weighted by molar-refractivity contribution is 0.0999. The van der Waals surface area contributed by atoms with Crippen molar-refractivity contribution in [3.05, 3.63) is 28.1 Å². The highest BCUT2D eigenvalue weighted by molar-refractivity contribution is 7.12. The van der Waals surface area contributed by atoms with E-state index in [1.807, 2.05) is 24.4 Å². The van der Waals surface area contributed by atoms with Crippen molar-refractivity contribution in [3.63, 3.8) is 0 Å². The number of ether oxygens (including phenoxy) is 2. The molecule has 7 nitrogen and oxygen atoms in total. The fourth-order valence-corrected chi connectivity index (χ4v) is 4.35. The number of rotatable bonds is 4. The second-order valence-electron chi connectivity index (χ2n) is 7.24. The fraction of sp³-hybridized carbons (Fsp3) is 0.450. The van der Waals surface area contributed by atoms with E-state index in [-0.39, 0.29) is 23.2 Å². The summed E-state index contributed by atoms with van der Waals surface area (Å²) in [5.74, 6) is 0.214. The number of anilines is 1. The van der Waals surface area contributed by atoms with Crippen LogP contribution in [0.1, 0.15) is 48.0 Å². The molecule has 2 aliphatic rings. The zero-order valence-corrected chi connectivity index (χ0v) is 16.8. The molecule has 1 aliphatic carbocycles. The van der Waals surface area contributed by atoms with Crippen LogP contribution in [0.2, 0.25) is 0 Å². The Bertz CT molecular complexity index is 922. The van der Waals surface area contributed by atoms with Crippen LogP contribution < -0.4 is 15.4 Å². The molecule has 8 heteroatoms. The molecule has 1 fully saturated rings. The molecule has 4 rings (SSSR count). The smallest absolute Gasteiger partial charge is 0.414 e. The minimum Gasteiger partial charge on any atom is -0.489 e. The Morgan fingerprint density at radius 2 is 2.07 bits per heavy atom. The highest BCUT2D eigenvalue weighted by Gasteiger charge is 2.33. The molecule has 1 aliphatic heterocycles. The topological polar surface area (TPSA) is 94.8 Å². The minimum absolute atomic E-state index is 0.0445. The van der Waals surface area contributed by atoms with Crippen LogP contribution in [0, 0.1) is 0 Å². The summed E-state index contributed by atoms with van der Waals surface area (Å²) in [7, 11) is 1.39. The molecule has 1 unspecified atom stereocenters. The molecule has 2 N–H and O–H groups in total. The van der Waals surface area contributed by atoms with Gasteiger partial charge < -0.3 is 15.2 Å². The summed E-state index contributed by atoms with van der Waals surface area (Å²) in [5, 5.41) is 2.09. The number of thiazole rings is 1. The Morgan fingerprint density at radius 3 is 2.68 bits per heavy atom. The number of methoxy groups -OCH3 is 1. The number of fused-ring (bicyclic) bond motifs is 1. The van der Waals surface area contributed by atoms with E-state index in [1.54, 1.807) is 4.90 Å². The second kappa shape index (κ2) is 7.43. The SMILES string of the molecule is COC(=O)N1c2ccc(-c3csc(C(N)=O)n3)c(OC3CCC3)c2CCC1C. The maximum Gasteiger partial charge on any atom is 0.414 e. The first kappa shape index (κ1) is 18.7. The molecule has 1 aromatic heterocycles. The first-order valence-corrected chi connectivity index (χ1v) is 10.3. The van der Waals surface area contributed by atoms with Crippen LogP contribution in [0.5, 0.6) is 5.75 Å². The summed E-state index contributed by atoms with van der Waals surface area (Å²) < 4.78 is 11.4. The van der Waals surface area contributed by atoms with Crippen molar-refractivity contribution in [2.24, 2.45) is 5.73 Å². The van der Waals surface area contributed by atoms with Crippen molar-refractivity contribution in [2.75, 3.05) is 12.0 Å². The lowest BCUT2D eigenvalue weighted by atomic mass is 9.92. The van der Waals surface area contributed by atoms with Gasteiger partial charge >= 0.3 is 6.09 Å².